The number of ether oxygens (including phenoxy) is 1. The molecule has 5 atom stereocenters. The number of aliphatic hydroxyl groups is 1. The van der Waals surface area contributed by atoms with Crippen molar-refractivity contribution in [1.82, 2.24) is 15.5 Å². The topological polar surface area (TPSA) is 142 Å². The third-order valence-corrected chi connectivity index (χ3v) is 8.55. The number of ketones is 1. The SMILES string of the molecule is C=C1/C=C\C(=O)N(C)CC(=O)N[C@@H]([C@H](O)C(=O)OC)C(=O)CC([C@H](C)CCCCCCCCCCCC(C)C)[C@H](C)C(=O)N1. The molecule has 0 fully saturated rings. The molecule has 10 heteroatoms. The number of aliphatic hydroxyl groups excluding tert-OH is 1. The number of methoxy groups -OCH3 is 1. The van der Waals surface area contributed by atoms with Gasteiger partial charge in [-0.25, -0.2) is 4.79 Å². The molecule has 0 aliphatic carbocycles. The van der Waals surface area contributed by atoms with Crippen molar-refractivity contribution in [2.75, 3.05) is 20.7 Å². The van der Waals surface area contributed by atoms with E-state index in [-0.39, 0.29) is 23.9 Å². The summed E-state index contributed by atoms with van der Waals surface area (Å²) in [6.07, 6.45) is 13.3. The van der Waals surface area contributed by atoms with Crippen LogP contribution in [0.25, 0.3) is 0 Å². The van der Waals surface area contributed by atoms with Crippen LogP contribution in [0.2, 0.25) is 0 Å². The van der Waals surface area contributed by atoms with Crippen molar-refractivity contribution in [2.24, 2.45) is 23.7 Å². The fourth-order valence-electron chi connectivity index (χ4n) is 5.61. The Bertz CT molecular complexity index is 993. The molecule has 0 saturated carbocycles. The Morgan fingerprint density at radius 1 is 0.977 bits per heavy atom. The molecule has 0 spiro atoms. The van der Waals surface area contributed by atoms with E-state index in [1.54, 1.807) is 6.92 Å². The Morgan fingerprint density at radius 2 is 1.52 bits per heavy atom. The first-order valence-corrected chi connectivity index (χ1v) is 16.3. The van der Waals surface area contributed by atoms with E-state index < -0.39 is 54.1 Å². The molecule has 1 rings (SSSR count). The average Bonchev–Trinajstić information content (AvgIpc) is 2.97. The van der Waals surface area contributed by atoms with Gasteiger partial charge >= 0.3 is 5.97 Å². The van der Waals surface area contributed by atoms with Gasteiger partial charge in [0.05, 0.1) is 13.7 Å². The van der Waals surface area contributed by atoms with E-state index in [0.29, 0.717) is 0 Å². The lowest BCUT2D eigenvalue weighted by atomic mass is 9.76. The number of rotatable bonds is 15. The molecule has 1 aliphatic rings. The van der Waals surface area contributed by atoms with Crippen LogP contribution in [0.3, 0.4) is 0 Å². The fraction of sp³-hybridized carbons (Fsp3) is 0.735. The van der Waals surface area contributed by atoms with Crippen LogP contribution in [0.15, 0.2) is 24.4 Å². The van der Waals surface area contributed by atoms with Crippen LogP contribution in [-0.4, -0.2) is 72.3 Å². The molecule has 1 heterocycles. The monoisotopic (exact) mass is 619 g/mol. The highest BCUT2D eigenvalue weighted by molar-refractivity contribution is 5.96. The third kappa shape index (κ3) is 14.6. The smallest absolute Gasteiger partial charge is 0.337 e. The molecule has 0 aromatic heterocycles. The number of hydrogen-bond acceptors (Lipinski definition) is 7. The molecule has 250 valence electrons. The number of unbranched alkanes of at least 4 members (excludes halogenated alkanes) is 8. The molecular weight excluding hydrogens is 562 g/mol. The fourth-order valence-corrected chi connectivity index (χ4v) is 5.61. The molecule has 0 bridgehead atoms. The van der Waals surface area contributed by atoms with E-state index in [2.05, 4.69) is 35.8 Å². The summed E-state index contributed by atoms with van der Waals surface area (Å²) < 4.78 is 4.62. The zero-order chi connectivity index (χ0) is 33.2. The average molecular weight is 620 g/mol. The molecule has 10 nitrogen and oxygen atoms in total. The number of hydrogen-bond donors (Lipinski definition) is 3. The standard InChI is InChI=1S/C34H57N3O7/c1-23(2)17-15-13-11-9-8-10-12-14-16-18-24(3)27-21-28(38)31(32(41)34(43)44-7)36-29(39)22-37(6)30(40)20-19-25(4)35-33(42)26(27)5/h19-20,23-24,26-27,31-32,41H,4,8-18,21-22H2,1-3,5-7H3,(H,35,42)(H,36,39)/b20-19-/t24-,26+,27?,31-,32+/m1/s1. The number of likely N-dealkylation sites (N-methyl/N-ethyl adjacent to an activating group) is 1. The number of amides is 3. The Morgan fingerprint density at radius 3 is 2.07 bits per heavy atom. The largest absolute Gasteiger partial charge is 0.467 e. The van der Waals surface area contributed by atoms with Crippen molar-refractivity contribution in [3.8, 4) is 0 Å². The van der Waals surface area contributed by atoms with E-state index in [0.717, 1.165) is 43.6 Å². The van der Waals surface area contributed by atoms with E-state index in [4.69, 9.17) is 0 Å². The van der Waals surface area contributed by atoms with E-state index in [9.17, 15) is 29.1 Å². The number of nitrogens with zero attached hydrogens (tertiary/aromatic N) is 1. The predicted octanol–water partition coefficient (Wildman–Crippen LogP) is 4.46. The molecule has 1 unspecified atom stereocenters. The zero-order valence-corrected chi connectivity index (χ0v) is 27.9. The summed E-state index contributed by atoms with van der Waals surface area (Å²) in [5.41, 5.74) is 0.208. The van der Waals surface area contributed by atoms with Crippen LogP contribution in [0.5, 0.6) is 0 Å². The van der Waals surface area contributed by atoms with Crippen molar-refractivity contribution >= 4 is 29.5 Å². The van der Waals surface area contributed by atoms with Gasteiger partial charge in [-0.3, -0.25) is 19.2 Å². The van der Waals surface area contributed by atoms with E-state index >= 15 is 0 Å². The zero-order valence-electron chi connectivity index (χ0n) is 27.9. The van der Waals surface area contributed by atoms with E-state index in [1.807, 2.05) is 6.92 Å². The molecule has 0 aromatic carbocycles. The van der Waals surface area contributed by atoms with Crippen molar-refractivity contribution in [3.63, 3.8) is 0 Å². The van der Waals surface area contributed by atoms with Crippen molar-refractivity contribution < 1.29 is 33.8 Å². The predicted molar refractivity (Wildman–Crippen MR) is 171 cm³/mol. The lowest BCUT2D eigenvalue weighted by Crippen LogP contribution is -2.54. The molecular formula is C34H57N3O7. The maximum Gasteiger partial charge on any atom is 0.337 e. The van der Waals surface area contributed by atoms with E-state index in [1.165, 1.54) is 64.1 Å². The molecule has 0 radical (unpaired) electrons. The van der Waals surface area contributed by atoms with Crippen LogP contribution < -0.4 is 10.6 Å². The van der Waals surface area contributed by atoms with Crippen molar-refractivity contribution in [2.45, 2.75) is 117 Å². The van der Waals surface area contributed by atoms with Gasteiger partial charge in [0.25, 0.3) is 0 Å². The van der Waals surface area contributed by atoms with Crippen LogP contribution >= 0.6 is 0 Å². The first kappa shape index (κ1) is 39.0. The highest BCUT2D eigenvalue weighted by atomic mass is 16.5. The first-order valence-electron chi connectivity index (χ1n) is 16.3. The summed E-state index contributed by atoms with van der Waals surface area (Å²) in [6.45, 7) is 11.6. The lowest BCUT2D eigenvalue weighted by Gasteiger charge is -2.31. The Kier molecular flexibility index (Phi) is 18.5. The summed E-state index contributed by atoms with van der Waals surface area (Å²) in [7, 11) is 2.45. The van der Waals surface area contributed by atoms with Crippen LogP contribution in [0.4, 0.5) is 0 Å². The van der Waals surface area contributed by atoms with Gasteiger partial charge in [-0.05, 0) is 23.8 Å². The lowest BCUT2D eigenvalue weighted by molar-refractivity contribution is -0.155. The number of allylic oxidation sites excluding steroid dienone is 1. The number of Topliss-reactive ketones (excluding diaryl/α,β-unsaturated/α-hetero) is 1. The third-order valence-electron chi connectivity index (χ3n) is 8.55. The van der Waals surface area contributed by atoms with Crippen molar-refractivity contribution in [1.29, 1.82) is 0 Å². The quantitative estimate of drug-likeness (QED) is 0.182. The van der Waals surface area contributed by atoms with Crippen LogP contribution in [0.1, 0.15) is 105 Å². The summed E-state index contributed by atoms with van der Waals surface area (Å²) >= 11 is 0. The Labute approximate surface area is 264 Å². The van der Waals surface area contributed by atoms with Gasteiger partial charge in [0, 0.05) is 31.2 Å². The van der Waals surface area contributed by atoms with Crippen LogP contribution in [0, 0.1) is 23.7 Å². The summed E-state index contributed by atoms with van der Waals surface area (Å²) in [6, 6.07) is -1.59. The Hall–Kier alpha value is -3.01. The second-order valence-electron chi connectivity index (χ2n) is 12.8. The number of esters is 1. The second kappa shape index (κ2) is 20.9. The highest BCUT2D eigenvalue weighted by Crippen LogP contribution is 2.30. The van der Waals surface area contributed by atoms with Crippen LogP contribution in [-0.2, 0) is 28.7 Å². The Balaban J connectivity index is 2.96. The maximum atomic E-state index is 13.6. The van der Waals surface area contributed by atoms with Gasteiger partial charge in [0.1, 0.15) is 6.04 Å². The molecule has 0 saturated heterocycles. The van der Waals surface area contributed by atoms with Gasteiger partial charge in [-0.15, -0.1) is 0 Å². The minimum Gasteiger partial charge on any atom is -0.467 e. The molecule has 44 heavy (non-hydrogen) atoms. The number of nitrogens with one attached hydrogen (secondary N) is 2. The van der Waals surface area contributed by atoms with Gasteiger partial charge in [-0.1, -0.05) is 105 Å². The summed E-state index contributed by atoms with van der Waals surface area (Å²) in [5, 5.41) is 15.7. The first-order chi connectivity index (χ1) is 20.8. The number of carbonyl (C=O) groups is 5. The van der Waals surface area contributed by atoms with Gasteiger partial charge in [0.15, 0.2) is 11.9 Å². The van der Waals surface area contributed by atoms with Crippen molar-refractivity contribution in [3.05, 3.63) is 24.4 Å². The number of carbonyl (C=O) groups excluding carboxylic acids is 5. The van der Waals surface area contributed by atoms with Gasteiger partial charge in [0.2, 0.25) is 17.7 Å². The summed E-state index contributed by atoms with van der Waals surface area (Å²) in [5.74, 6) is -3.64. The maximum absolute atomic E-state index is 13.6. The van der Waals surface area contributed by atoms with Gasteiger partial charge in [-0.2, -0.15) is 0 Å². The second-order valence-corrected chi connectivity index (χ2v) is 12.8. The molecule has 1 aliphatic heterocycles. The molecule has 3 amide bonds. The minimum atomic E-state index is -1.94. The summed E-state index contributed by atoms with van der Waals surface area (Å²) in [4.78, 5) is 65.3. The molecule has 0 aromatic rings. The minimum absolute atomic E-state index is 0.0421. The van der Waals surface area contributed by atoms with Gasteiger partial charge < -0.3 is 25.4 Å². The highest BCUT2D eigenvalue weighted by Gasteiger charge is 2.38. The molecule has 3 N–H and O–H groups in total. The normalized spacial score (nSPS) is 23.0.